The van der Waals surface area contributed by atoms with E-state index >= 15 is 0 Å². The van der Waals surface area contributed by atoms with Crippen LogP contribution in [0.15, 0.2) is 18.2 Å². The molecule has 3 fully saturated rings. The summed E-state index contributed by atoms with van der Waals surface area (Å²) in [5.74, 6) is -0.0221. The van der Waals surface area contributed by atoms with Crippen molar-refractivity contribution in [3.63, 3.8) is 0 Å². The zero-order valence-corrected chi connectivity index (χ0v) is 19.4. The summed E-state index contributed by atoms with van der Waals surface area (Å²) in [6.45, 7) is 2.56. The first-order valence-electron chi connectivity index (χ1n) is 11.7. The fourth-order valence-electron chi connectivity index (χ4n) is 5.09. The Morgan fingerprint density at radius 3 is 2.80 bits per heavy atom. The summed E-state index contributed by atoms with van der Waals surface area (Å²) >= 11 is 0. The summed E-state index contributed by atoms with van der Waals surface area (Å²) in [5, 5.41) is 19.6. The Morgan fingerprint density at radius 1 is 1.26 bits per heavy atom. The van der Waals surface area contributed by atoms with Gasteiger partial charge in [0.1, 0.15) is 17.6 Å². The molecule has 2 saturated heterocycles. The summed E-state index contributed by atoms with van der Waals surface area (Å²) in [6, 6.07) is 5.07. The Kier molecular flexibility index (Phi) is 6.33. The van der Waals surface area contributed by atoms with Crippen LogP contribution in [0, 0.1) is 6.92 Å². The van der Waals surface area contributed by atoms with E-state index in [0.717, 1.165) is 25.0 Å². The third-order valence-corrected chi connectivity index (χ3v) is 6.86. The molecule has 11 heteroatoms. The molecule has 3 heterocycles. The maximum Gasteiger partial charge on any atom is 0.410 e. The molecule has 0 spiro atoms. The van der Waals surface area contributed by atoms with E-state index in [1.54, 1.807) is 24.0 Å². The highest BCUT2D eigenvalue weighted by atomic mass is 16.6. The second-order valence-corrected chi connectivity index (χ2v) is 9.36. The highest BCUT2D eigenvalue weighted by Crippen LogP contribution is 2.38. The monoisotopic (exact) mass is 484 g/mol. The summed E-state index contributed by atoms with van der Waals surface area (Å²) in [4.78, 5) is 37.9. The van der Waals surface area contributed by atoms with Crippen molar-refractivity contribution in [2.75, 3.05) is 25.1 Å². The molecule has 2 unspecified atom stereocenters. The first kappa shape index (κ1) is 23.2. The number of aromatic amines is 1. The maximum absolute atomic E-state index is 12.5. The van der Waals surface area contributed by atoms with E-state index in [0.29, 0.717) is 37.3 Å². The second-order valence-electron chi connectivity index (χ2n) is 9.36. The highest BCUT2D eigenvalue weighted by molar-refractivity contribution is 5.91. The van der Waals surface area contributed by atoms with Crippen LogP contribution < -0.4 is 10.1 Å². The number of aryl methyl sites for hydroxylation is 1. The lowest BCUT2D eigenvalue weighted by atomic mass is 9.92. The van der Waals surface area contributed by atoms with Gasteiger partial charge in [-0.05, 0) is 50.3 Å². The lowest BCUT2D eigenvalue weighted by Crippen LogP contribution is -2.65. The van der Waals surface area contributed by atoms with E-state index < -0.39 is 5.91 Å². The number of hydrogen-bond acceptors (Lipinski definition) is 8. The number of phenolic OH excluding ortho intramolecular Hbond substituents is 1. The van der Waals surface area contributed by atoms with Gasteiger partial charge in [-0.15, -0.1) is 0 Å². The number of anilines is 1. The summed E-state index contributed by atoms with van der Waals surface area (Å²) < 4.78 is 16.6. The summed E-state index contributed by atoms with van der Waals surface area (Å²) in [6.07, 6.45) is 3.37. The Labute approximate surface area is 201 Å². The molecular formula is C24H28N4O7. The molecule has 5 rings (SSSR count). The standard InChI is InChI=1S/C24H28N4O7/c1-13-4-20(30)18(9-29)21(5-13)34-12-23(31)25-22-8-19(26-27-22)14-2-3-17(6-14)35-24(32)28-15-7-16(28)11-33-10-15/h4-5,8-9,14-17,30H,2-3,6-7,10-12H2,1H3,(H2,25,26,27,31)/t14-,15?,16?,17+/m0/s1. The third kappa shape index (κ3) is 4.81. The molecule has 1 saturated carbocycles. The van der Waals surface area contributed by atoms with Crippen molar-refractivity contribution >= 4 is 24.1 Å². The Balaban J connectivity index is 1.11. The zero-order valence-electron chi connectivity index (χ0n) is 19.4. The molecule has 2 bridgehead atoms. The Bertz CT molecular complexity index is 1120. The molecule has 3 aliphatic rings. The van der Waals surface area contributed by atoms with Gasteiger partial charge in [0.15, 0.2) is 18.7 Å². The average molecular weight is 485 g/mol. The number of H-pyrrole nitrogens is 1. The van der Waals surface area contributed by atoms with Gasteiger partial charge >= 0.3 is 6.09 Å². The Morgan fingerprint density at radius 2 is 2.06 bits per heavy atom. The van der Waals surface area contributed by atoms with Crippen LogP contribution >= 0.6 is 0 Å². The molecule has 3 N–H and O–H groups in total. The quantitative estimate of drug-likeness (QED) is 0.509. The van der Waals surface area contributed by atoms with Crippen LogP contribution in [0.5, 0.6) is 11.5 Å². The average Bonchev–Trinajstić information content (AvgIpc) is 3.47. The van der Waals surface area contributed by atoms with Crippen LogP contribution in [0.3, 0.4) is 0 Å². The first-order valence-corrected chi connectivity index (χ1v) is 11.7. The number of aldehydes is 1. The number of nitrogens with zero attached hydrogens (tertiary/aromatic N) is 2. The van der Waals surface area contributed by atoms with Gasteiger partial charge in [0.2, 0.25) is 0 Å². The van der Waals surface area contributed by atoms with Gasteiger partial charge < -0.3 is 24.6 Å². The van der Waals surface area contributed by atoms with Crippen LogP contribution in [0.2, 0.25) is 0 Å². The van der Waals surface area contributed by atoms with Crippen LogP contribution in [0.25, 0.3) is 0 Å². The number of aromatic nitrogens is 2. The molecule has 2 aliphatic heterocycles. The number of benzene rings is 1. The van der Waals surface area contributed by atoms with E-state index in [2.05, 4.69) is 15.5 Å². The maximum atomic E-state index is 12.5. The highest BCUT2D eigenvalue weighted by Gasteiger charge is 2.47. The van der Waals surface area contributed by atoms with E-state index in [4.69, 9.17) is 14.2 Å². The molecule has 11 nitrogen and oxygen atoms in total. The first-order chi connectivity index (χ1) is 16.9. The second kappa shape index (κ2) is 9.57. The van der Waals surface area contributed by atoms with Gasteiger partial charge in [-0.1, -0.05) is 0 Å². The number of morpholine rings is 1. The van der Waals surface area contributed by atoms with Gasteiger partial charge in [0.05, 0.1) is 30.9 Å². The number of ether oxygens (including phenoxy) is 3. The number of phenols is 1. The molecule has 35 heavy (non-hydrogen) atoms. The number of carbonyl (C=O) groups excluding carboxylic acids is 3. The zero-order chi connectivity index (χ0) is 24.5. The van der Waals surface area contributed by atoms with Crippen LogP contribution in [-0.4, -0.2) is 76.5 Å². The minimum absolute atomic E-state index is 0.00686. The molecule has 2 amide bonds. The number of amides is 2. The number of aromatic hydroxyl groups is 1. The number of fused-ring (bicyclic) bond motifs is 2. The smallest absolute Gasteiger partial charge is 0.410 e. The van der Waals surface area contributed by atoms with E-state index in [1.165, 1.54) is 6.07 Å². The molecule has 186 valence electrons. The van der Waals surface area contributed by atoms with Gasteiger partial charge in [0.25, 0.3) is 5.91 Å². The van der Waals surface area contributed by atoms with Crippen molar-refractivity contribution < 1.29 is 33.7 Å². The van der Waals surface area contributed by atoms with E-state index in [1.807, 2.05) is 0 Å². The summed E-state index contributed by atoms with van der Waals surface area (Å²) in [7, 11) is 0. The Hall–Kier alpha value is -3.60. The number of hydrogen-bond donors (Lipinski definition) is 3. The van der Waals surface area contributed by atoms with Crippen LogP contribution in [0.4, 0.5) is 10.6 Å². The SMILES string of the molecule is Cc1cc(O)c(C=O)c(OCC(=O)Nc2cc([C@H]3CC[C@@H](OC(=O)N4C5COCC4C5)C3)[nH]n2)c1. The number of rotatable bonds is 7. The van der Waals surface area contributed by atoms with Gasteiger partial charge in [-0.3, -0.25) is 19.6 Å². The van der Waals surface area contributed by atoms with Crippen molar-refractivity contribution in [1.29, 1.82) is 0 Å². The predicted octanol–water partition coefficient (Wildman–Crippen LogP) is 2.50. The number of nitrogens with one attached hydrogen (secondary N) is 2. The van der Waals surface area contributed by atoms with Gasteiger partial charge in [-0.25, -0.2) is 4.79 Å². The van der Waals surface area contributed by atoms with Crippen molar-refractivity contribution in [1.82, 2.24) is 15.1 Å². The molecular weight excluding hydrogens is 456 g/mol. The lowest BCUT2D eigenvalue weighted by Gasteiger charge is -2.51. The van der Waals surface area contributed by atoms with Crippen molar-refractivity contribution in [3.05, 3.63) is 35.0 Å². The van der Waals surface area contributed by atoms with Crippen molar-refractivity contribution in [3.8, 4) is 11.5 Å². The number of carbonyl (C=O) groups is 3. The predicted molar refractivity (Wildman–Crippen MR) is 123 cm³/mol. The normalized spacial score (nSPS) is 25.0. The molecule has 0 radical (unpaired) electrons. The topological polar surface area (TPSA) is 143 Å². The van der Waals surface area contributed by atoms with E-state index in [-0.39, 0.29) is 53.9 Å². The minimum atomic E-state index is -0.455. The molecule has 1 aliphatic carbocycles. The minimum Gasteiger partial charge on any atom is -0.507 e. The van der Waals surface area contributed by atoms with E-state index in [9.17, 15) is 19.5 Å². The van der Waals surface area contributed by atoms with Gasteiger partial charge in [0, 0.05) is 17.7 Å². The van der Waals surface area contributed by atoms with Crippen LogP contribution in [-0.2, 0) is 14.3 Å². The molecule has 1 aromatic carbocycles. The fourth-order valence-corrected chi connectivity index (χ4v) is 5.09. The lowest BCUT2D eigenvalue weighted by molar-refractivity contribution is -0.118. The molecule has 4 atom stereocenters. The summed E-state index contributed by atoms with van der Waals surface area (Å²) in [5.41, 5.74) is 1.55. The molecule has 2 aromatic rings. The fraction of sp³-hybridized carbons (Fsp3) is 0.500. The van der Waals surface area contributed by atoms with Crippen molar-refractivity contribution in [2.45, 2.75) is 56.7 Å². The largest absolute Gasteiger partial charge is 0.507 e. The molecule has 1 aromatic heterocycles. The van der Waals surface area contributed by atoms with Gasteiger partial charge in [-0.2, -0.15) is 5.10 Å². The van der Waals surface area contributed by atoms with Crippen molar-refractivity contribution in [2.24, 2.45) is 0 Å². The van der Waals surface area contributed by atoms with Crippen LogP contribution in [0.1, 0.15) is 53.2 Å². The third-order valence-electron chi connectivity index (χ3n) is 6.86.